The standard InChI is InChI=1S/C26H25NO2S/c1-28-21-11-9-20(10-12-21)26-25(27-15-5-6-16-27)23-14-13-22(17-24(23)30-26)29-18-19-7-3-2-4-8-19/h2-3,5,7,9-15,17H,4,6,8,16,18H2,1H3. The number of benzene rings is 2. The summed E-state index contributed by atoms with van der Waals surface area (Å²) in [4.78, 5) is 3.66. The van der Waals surface area contributed by atoms with Gasteiger partial charge in [0.1, 0.15) is 18.1 Å². The molecule has 5 rings (SSSR count). The third-order valence-corrected chi connectivity index (χ3v) is 6.81. The molecule has 3 nitrogen and oxygen atoms in total. The molecule has 0 bridgehead atoms. The first-order chi connectivity index (χ1) is 14.8. The summed E-state index contributed by atoms with van der Waals surface area (Å²) >= 11 is 1.83. The fourth-order valence-corrected chi connectivity index (χ4v) is 5.25. The van der Waals surface area contributed by atoms with Crippen molar-refractivity contribution in [2.75, 3.05) is 25.2 Å². The number of thiophene rings is 1. The van der Waals surface area contributed by atoms with Crippen LogP contribution in [0.5, 0.6) is 11.5 Å². The zero-order chi connectivity index (χ0) is 20.3. The number of hydrogen-bond donors (Lipinski definition) is 0. The summed E-state index contributed by atoms with van der Waals surface area (Å²) in [5, 5.41) is 1.28. The third-order valence-electron chi connectivity index (χ3n) is 5.62. The number of nitrogens with zero attached hydrogens (tertiary/aromatic N) is 1. The first-order valence-electron chi connectivity index (χ1n) is 10.4. The van der Waals surface area contributed by atoms with Crippen LogP contribution >= 0.6 is 11.3 Å². The maximum atomic E-state index is 6.12. The lowest BCUT2D eigenvalue weighted by atomic mass is 10.1. The van der Waals surface area contributed by atoms with Crippen LogP contribution < -0.4 is 14.4 Å². The van der Waals surface area contributed by atoms with Gasteiger partial charge in [-0.15, -0.1) is 11.3 Å². The summed E-state index contributed by atoms with van der Waals surface area (Å²) in [6.07, 6.45) is 14.2. The average molecular weight is 416 g/mol. The van der Waals surface area contributed by atoms with Crippen molar-refractivity contribution in [1.29, 1.82) is 0 Å². The van der Waals surface area contributed by atoms with Gasteiger partial charge >= 0.3 is 0 Å². The van der Waals surface area contributed by atoms with Crippen molar-refractivity contribution < 1.29 is 9.47 Å². The van der Waals surface area contributed by atoms with Crippen LogP contribution in [0.3, 0.4) is 0 Å². The van der Waals surface area contributed by atoms with Crippen molar-refractivity contribution in [3.05, 3.63) is 78.5 Å². The quantitative estimate of drug-likeness (QED) is 0.434. The molecule has 0 radical (unpaired) electrons. The van der Waals surface area contributed by atoms with E-state index >= 15 is 0 Å². The summed E-state index contributed by atoms with van der Waals surface area (Å²) < 4.78 is 12.7. The van der Waals surface area contributed by atoms with E-state index in [1.807, 2.05) is 23.5 Å². The van der Waals surface area contributed by atoms with Gasteiger partial charge in [-0.2, -0.15) is 0 Å². The summed E-state index contributed by atoms with van der Waals surface area (Å²) in [7, 11) is 1.70. The van der Waals surface area contributed by atoms with E-state index in [0.29, 0.717) is 6.61 Å². The van der Waals surface area contributed by atoms with Gasteiger partial charge in [-0.3, -0.25) is 0 Å². The van der Waals surface area contributed by atoms with E-state index in [-0.39, 0.29) is 0 Å². The second-order valence-electron chi connectivity index (χ2n) is 7.61. The minimum atomic E-state index is 0.661. The third kappa shape index (κ3) is 3.75. The molecule has 0 N–H and O–H groups in total. The molecular weight excluding hydrogens is 390 g/mol. The number of allylic oxidation sites excluding steroid dienone is 3. The van der Waals surface area contributed by atoms with Crippen molar-refractivity contribution in [3.8, 4) is 21.9 Å². The molecule has 0 saturated carbocycles. The van der Waals surface area contributed by atoms with E-state index in [2.05, 4.69) is 65.7 Å². The number of methoxy groups -OCH3 is 1. The largest absolute Gasteiger partial charge is 0.497 e. The first-order valence-corrected chi connectivity index (χ1v) is 11.2. The molecule has 2 heterocycles. The van der Waals surface area contributed by atoms with E-state index < -0.39 is 0 Å². The maximum absolute atomic E-state index is 6.12. The lowest BCUT2D eigenvalue weighted by molar-refractivity contribution is 0.348. The predicted octanol–water partition coefficient (Wildman–Crippen LogP) is 6.96. The second-order valence-corrected chi connectivity index (χ2v) is 8.67. The smallest absolute Gasteiger partial charge is 0.121 e. The maximum Gasteiger partial charge on any atom is 0.121 e. The van der Waals surface area contributed by atoms with Gasteiger partial charge in [0.25, 0.3) is 0 Å². The Bertz CT molecular complexity index is 1140. The molecule has 30 heavy (non-hydrogen) atoms. The Morgan fingerprint density at radius 3 is 2.60 bits per heavy atom. The highest BCUT2D eigenvalue weighted by atomic mass is 32.1. The first kappa shape index (κ1) is 19.0. The van der Waals surface area contributed by atoms with Crippen LogP contribution in [0.4, 0.5) is 5.69 Å². The molecule has 2 aliphatic rings. The van der Waals surface area contributed by atoms with Crippen LogP contribution in [0.2, 0.25) is 0 Å². The molecule has 0 fully saturated rings. The molecule has 0 saturated heterocycles. The van der Waals surface area contributed by atoms with Crippen LogP contribution in [0.25, 0.3) is 20.5 Å². The highest BCUT2D eigenvalue weighted by Crippen LogP contribution is 2.46. The number of anilines is 1. The van der Waals surface area contributed by atoms with E-state index in [0.717, 1.165) is 37.3 Å². The van der Waals surface area contributed by atoms with E-state index in [1.165, 1.54) is 31.8 Å². The van der Waals surface area contributed by atoms with Gasteiger partial charge in [-0.1, -0.05) is 24.3 Å². The molecule has 3 aromatic rings. The Morgan fingerprint density at radius 2 is 1.87 bits per heavy atom. The predicted molar refractivity (Wildman–Crippen MR) is 127 cm³/mol. The second kappa shape index (κ2) is 8.41. The van der Waals surface area contributed by atoms with Gasteiger partial charge in [0, 0.05) is 22.8 Å². The Hall–Kier alpha value is -2.98. The summed E-state index contributed by atoms with van der Waals surface area (Å²) in [6, 6.07) is 14.9. The summed E-state index contributed by atoms with van der Waals surface area (Å²) in [5.41, 5.74) is 3.86. The molecule has 0 unspecified atom stereocenters. The van der Waals surface area contributed by atoms with Crippen molar-refractivity contribution in [3.63, 3.8) is 0 Å². The zero-order valence-corrected chi connectivity index (χ0v) is 18.0. The fourth-order valence-electron chi connectivity index (χ4n) is 4.00. The van der Waals surface area contributed by atoms with Gasteiger partial charge in [0.05, 0.1) is 17.7 Å². The SMILES string of the molecule is COc1ccc(-c2sc3cc(OCC4=CC=CCC4)ccc3c2N2C=CCC2)cc1. The molecule has 0 spiro atoms. The molecule has 152 valence electrons. The average Bonchev–Trinajstić information content (AvgIpc) is 3.46. The summed E-state index contributed by atoms with van der Waals surface area (Å²) in [6.45, 7) is 1.68. The molecule has 0 amide bonds. The number of rotatable bonds is 6. The van der Waals surface area contributed by atoms with Crippen LogP contribution in [0.1, 0.15) is 19.3 Å². The van der Waals surface area contributed by atoms with E-state index in [4.69, 9.17) is 9.47 Å². The lowest BCUT2D eigenvalue weighted by Gasteiger charge is -2.17. The Labute approximate surface area is 181 Å². The Balaban J connectivity index is 1.51. The Kier molecular flexibility index (Phi) is 5.33. The van der Waals surface area contributed by atoms with Crippen molar-refractivity contribution in [2.24, 2.45) is 0 Å². The molecule has 4 heteroatoms. The van der Waals surface area contributed by atoms with E-state index in [1.54, 1.807) is 7.11 Å². The van der Waals surface area contributed by atoms with Crippen LogP contribution in [-0.2, 0) is 0 Å². The normalized spacial score (nSPS) is 15.6. The van der Waals surface area contributed by atoms with Crippen LogP contribution in [-0.4, -0.2) is 20.3 Å². The molecule has 1 aliphatic heterocycles. The fraction of sp³-hybridized carbons (Fsp3) is 0.231. The van der Waals surface area contributed by atoms with Crippen molar-refractivity contribution >= 4 is 27.1 Å². The highest BCUT2D eigenvalue weighted by molar-refractivity contribution is 7.23. The number of hydrogen-bond acceptors (Lipinski definition) is 4. The molecule has 0 atom stereocenters. The minimum Gasteiger partial charge on any atom is -0.497 e. The van der Waals surface area contributed by atoms with Crippen molar-refractivity contribution in [2.45, 2.75) is 19.3 Å². The van der Waals surface area contributed by atoms with Gasteiger partial charge in [0.2, 0.25) is 0 Å². The van der Waals surface area contributed by atoms with Gasteiger partial charge in [-0.05, 0) is 72.9 Å². The van der Waals surface area contributed by atoms with Gasteiger partial charge < -0.3 is 14.4 Å². The lowest BCUT2D eigenvalue weighted by Crippen LogP contribution is -2.12. The summed E-state index contributed by atoms with van der Waals surface area (Å²) in [5.74, 6) is 1.81. The van der Waals surface area contributed by atoms with Crippen LogP contribution in [0.15, 0.2) is 78.5 Å². The van der Waals surface area contributed by atoms with E-state index in [9.17, 15) is 0 Å². The highest BCUT2D eigenvalue weighted by Gasteiger charge is 2.20. The minimum absolute atomic E-state index is 0.661. The zero-order valence-electron chi connectivity index (χ0n) is 17.1. The number of fused-ring (bicyclic) bond motifs is 1. The molecule has 1 aromatic heterocycles. The van der Waals surface area contributed by atoms with Crippen molar-refractivity contribution in [1.82, 2.24) is 0 Å². The Morgan fingerprint density at radius 1 is 1.00 bits per heavy atom. The molecule has 2 aromatic carbocycles. The molecular formula is C26H25NO2S. The molecule has 1 aliphatic carbocycles. The monoisotopic (exact) mass is 415 g/mol. The van der Waals surface area contributed by atoms with Crippen LogP contribution in [0, 0.1) is 0 Å². The van der Waals surface area contributed by atoms with Gasteiger partial charge in [-0.25, -0.2) is 0 Å². The number of ether oxygens (including phenoxy) is 2. The van der Waals surface area contributed by atoms with Gasteiger partial charge in [0.15, 0.2) is 0 Å². The topological polar surface area (TPSA) is 21.7 Å².